The highest BCUT2D eigenvalue weighted by Crippen LogP contribution is 2.39. The van der Waals surface area contributed by atoms with Crippen molar-refractivity contribution in [3.63, 3.8) is 0 Å². The fourth-order valence-corrected chi connectivity index (χ4v) is 4.04. The maximum Gasteiger partial charge on any atom is 0.266 e. The number of halogens is 1. The normalized spacial score (nSPS) is 17.6. The van der Waals surface area contributed by atoms with Crippen molar-refractivity contribution in [3.8, 4) is 17.2 Å². The van der Waals surface area contributed by atoms with Gasteiger partial charge in [0.2, 0.25) is 6.10 Å². The van der Waals surface area contributed by atoms with Crippen LogP contribution in [0.3, 0.4) is 0 Å². The lowest BCUT2D eigenvalue weighted by atomic mass is 9.89. The largest absolute Gasteiger partial charge is 0.493 e. The summed E-state index contributed by atoms with van der Waals surface area (Å²) < 4.78 is 30.7. The van der Waals surface area contributed by atoms with Crippen LogP contribution < -0.4 is 14.2 Å². The van der Waals surface area contributed by atoms with Gasteiger partial charge in [0, 0.05) is 6.54 Å². The second-order valence-electron chi connectivity index (χ2n) is 7.77. The van der Waals surface area contributed by atoms with Crippen molar-refractivity contribution < 1.29 is 23.4 Å². The molecule has 0 aromatic heterocycles. The zero-order chi connectivity index (χ0) is 22.7. The number of β-lactam (4-membered cyclic amide) rings is 1. The highest BCUT2D eigenvalue weighted by molar-refractivity contribution is 5.89. The summed E-state index contributed by atoms with van der Waals surface area (Å²) in [7, 11) is 3.18. The number of methoxy groups -OCH3 is 2. The van der Waals surface area contributed by atoms with Crippen molar-refractivity contribution >= 4 is 5.91 Å². The smallest absolute Gasteiger partial charge is 0.266 e. The summed E-state index contributed by atoms with van der Waals surface area (Å²) >= 11 is 0. The lowest BCUT2D eigenvalue weighted by molar-refractivity contribution is -0.164. The molecule has 3 aromatic rings. The van der Waals surface area contributed by atoms with Gasteiger partial charge in [-0.25, -0.2) is 4.39 Å². The topological polar surface area (TPSA) is 48.0 Å². The van der Waals surface area contributed by atoms with E-state index in [1.165, 1.54) is 12.1 Å². The molecule has 1 saturated heterocycles. The second-order valence-corrected chi connectivity index (χ2v) is 7.77. The molecule has 0 bridgehead atoms. The number of carbonyl (C=O) groups excluding carboxylic acids is 1. The Bertz CT molecular complexity index is 1120. The van der Waals surface area contributed by atoms with Crippen LogP contribution in [0.1, 0.15) is 22.7 Å². The fraction of sp³-hybridized carbons (Fsp3) is 0.269. The zero-order valence-electron chi connectivity index (χ0n) is 18.4. The fourth-order valence-electron chi connectivity index (χ4n) is 4.04. The number of para-hydroxylation sites is 1. The van der Waals surface area contributed by atoms with Gasteiger partial charge in [-0.15, -0.1) is 0 Å². The number of benzene rings is 3. The molecule has 32 heavy (non-hydrogen) atoms. The summed E-state index contributed by atoms with van der Waals surface area (Å²) in [5.41, 5.74) is 2.68. The molecule has 0 N–H and O–H groups in total. The number of aryl methyl sites for hydroxylation is 1. The molecule has 0 saturated carbocycles. The van der Waals surface area contributed by atoms with Crippen molar-refractivity contribution in [2.24, 2.45) is 0 Å². The van der Waals surface area contributed by atoms with Gasteiger partial charge in [0.05, 0.1) is 14.2 Å². The summed E-state index contributed by atoms with van der Waals surface area (Å²) in [5, 5.41) is 0. The van der Waals surface area contributed by atoms with E-state index < -0.39 is 6.10 Å². The molecule has 166 valence electrons. The number of nitrogens with zero attached hydrogens (tertiary/aromatic N) is 1. The average Bonchev–Trinajstić information content (AvgIpc) is 2.81. The molecule has 1 heterocycles. The molecular weight excluding hydrogens is 409 g/mol. The van der Waals surface area contributed by atoms with Gasteiger partial charge in [-0.3, -0.25) is 4.79 Å². The Kier molecular flexibility index (Phi) is 6.30. The van der Waals surface area contributed by atoms with Gasteiger partial charge in [0.15, 0.2) is 11.5 Å². The van der Waals surface area contributed by atoms with E-state index in [-0.39, 0.29) is 17.8 Å². The van der Waals surface area contributed by atoms with Gasteiger partial charge in [0.1, 0.15) is 17.6 Å². The lowest BCUT2D eigenvalue weighted by Crippen LogP contribution is -2.61. The molecule has 0 unspecified atom stereocenters. The summed E-state index contributed by atoms with van der Waals surface area (Å²) in [4.78, 5) is 14.8. The molecule has 1 fully saturated rings. The monoisotopic (exact) mass is 435 g/mol. The molecule has 5 nitrogen and oxygen atoms in total. The van der Waals surface area contributed by atoms with Crippen LogP contribution in [0.5, 0.6) is 17.2 Å². The number of hydrogen-bond acceptors (Lipinski definition) is 4. The second kappa shape index (κ2) is 9.30. The summed E-state index contributed by atoms with van der Waals surface area (Å²) in [6, 6.07) is 19.3. The molecule has 6 heteroatoms. The van der Waals surface area contributed by atoms with Gasteiger partial charge in [-0.1, -0.05) is 36.4 Å². The minimum absolute atomic E-state index is 0.108. The van der Waals surface area contributed by atoms with E-state index in [2.05, 4.69) is 0 Å². The van der Waals surface area contributed by atoms with Gasteiger partial charge in [0.25, 0.3) is 5.91 Å². The molecule has 1 aliphatic heterocycles. The number of ether oxygens (including phenoxy) is 3. The van der Waals surface area contributed by atoms with E-state index in [1.807, 2.05) is 55.5 Å². The summed E-state index contributed by atoms with van der Waals surface area (Å²) in [6.07, 6.45) is -0.0714. The molecule has 2 atom stereocenters. The van der Waals surface area contributed by atoms with E-state index in [1.54, 1.807) is 25.2 Å². The zero-order valence-corrected chi connectivity index (χ0v) is 18.4. The Morgan fingerprint density at radius 1 is 0.906 bits per heavy atom. The van der Waals surface area contributed by atoms with Crippen molar-refractivity contribution in [2.75, 3.05) is 20.8 Å². The predicted molar refractivity (Wildman–Crippen MR) is 120 cm³/mol. The van der Waals surface area contributed by atoms with Crippen molar-refractivity contribution in [1.82, 2.24) is 4.90 Å². The van der Waals surface area contributed by atoms with Crippen molar-refractivity contribution in [3.05, 3.63) is 89.2 Å². The maximum atomic E-state index is 14.0. The molecule has 4 rings (SSSR count). The van der Waals surface area contributed by atoms with E-state index >= 15 is 0 Å². The van der Waals surface area contributed by atoms with E-state index in [9.17, 15) is 9.18 Å². The Hall–Kier alpha value is -3.54. The van der Waals surface area contributed by atoms with Crippen LogP contribution in [0.2, 0.25) is 0 Å². The molecule has 0 aliphatic carbocycles. The average molecular weight is 435 g/mol. The third-order valence-corrected chi connectivity index (χ3v) is 5.78. The van der Waals surface area contributed by atoms with Gasteiger partial charge >= 0.3 is 0 Å². The molecule has 1 aliphatic rings. The number of likely N-dealkylation sites (tertiary alicyclic amines) is 1. The molecular formula is C26H26FNO4. The van der Waals surface area contributed by atoms with Gasteiger partial charge in [-0.05, 0) is 60.4 Å². The Morgan fingerprint density at radius 3 is 2.41 bits per heavy atom. The Morgan fingerprint density at radius 2 is 1.69 bits per heavy atom. The maximum absolute atomic E-state index is 14.0. The lowest BCUT2D eigenvalue weighted by Gasteiger charge is -2.47. The van der Waals surface area contributed by atoms with Crippen molar-refractivity contribution in [1.29, 1.82) is 0 Å². The first kappa shape index (κ1) is 21.7. The summed E-state index contributed by atoms with van der Waals surface area (Å²) in [6.45, 7) is 2.41. The van der Waals surface area contributed by atoms with Crippen LogP contribution in [-0.4, -0.2) is 37.7 Å². The van der Waals surface area contributed by atoms with Crippen molar-refractivity contribution in [2.45, 2.75) is 25.5 Å². The van der Waals surface area contributed by atoms with E-state index in [0.29, 0.717) is 30.2 Å². The number of rotatable bonds is 8. The van der Waals surface area contributed by atoms with Crippen LogP contribution in [0.25, 0.3) is 0 Å². The van der Waals surface area contributed by atoms with E-state index in [4.69, 9.17) is 14.2 Å². The van der Waals surface area contributed by atoms with Gasteiger partial charge in [-0.2, -0.15) is 0 Å². The van der Waals surface area contributed by atoms with E-state index in [0.717, 1.165) is 16.7 Å². The van der Waals surface area contributed by atoms with Crippen LogP contribution in [0.15, 0.2) is 66.7 Å². The van der Waals surface area contributed by atoms with Crippen LogP contribution >= 0.6 is 0 Å². The molecule has 1 amide bonds. The quantitative estimate of drug-likeness (QED) is 0.480. The Balaban J connectivity index is 1.55. The molecule has 3 aromatic carbocycles. The highest BCUT2D eigenvalue weighted by atomic mass is 19.1. The SMILES string of the molecule is COc1ccc(CCN2C(=O)[C@@H](Oc3ccccc3C)[C@@H]2c2cccc(F)c2)cc1OC. The van der Waals surface area contributed by atoms with Gasteiger partial charge < -0.3 is 19.1 Å². The Labute approximate surface area is 187 Å². The first-order valence-electron chi connectivity index (χ1n) is 10.5. The number of carbonyl (C=O) groups is 1. The minimum Gasteiger partial charge on any atom is -0.493 e. The number of amides is 1. The summed E-state index contributed by atoms with van der Waals surface area (Å²) in [5.74, 6) is 1.51. The number of hydrogen-bond donors (Lipinski definition) is 0. The standard InChI is InChI=1S/C26H26FNO4/c1-17-7-4-5-10-21(17)32-25-24(19-8-6-9-20(27)16-19)28(26(25)29)14-13-18-11-12-22(30-2)23(15-18)31-3/h4-12,15-16,24-25H,13-14H2,1-3H3/t24-,25-/m0/s1. The minimum atomic E-state index is -0.691. The predicted octanol–water partition coefficient (Wildman–Crippen LogP) is 4.72. The highest BCUT2D eigenvalue weighted by Gasteiger charge is 2.50. The van der Waals surface area contributed by atoms with Crippen LogP contribution in [-0.2, 0) is 11.2 Å². The third kappa shape index (κ3) is 4.26. The first-order chi connectivity index (χ1) is 15.5. The van der Waals surface area contributed by atoms with Crippen LogP contribution in [0, 0.1) is 12.7 Å². The van der Waals surface area contributed by atoms with Crippen LogP contribution in [0.4, 0.5) is 4.39 Å². The molecule has 0 radical (unpaired) electrons. The molecule has 0 spiro atoms. The third-order valence-electron chi connectivity index (χ3n) is 5.78. The first-order valence-corrected chi connectivity index (χ1v) is 10.5.